The van der Waals surface area contributed by atoms with Gasteiger partial charge in [0.1, 0.15) is 5.01 Å². The van der Waals surface area contributed by atoms with Crippen molar-refractivity contribution in [3.63, 3.8) is 0 Å². The molecule has 1 heterocycles. The molecular weight excluding hydrogens is 442 g/mol. The van der Waals surface area contributed by atoms with Gasteiger partial charge < -0.3 is 5.32 Å². The van der Waals surface area contributed by atoms with Crippen LogP contribution in [0.25, 0.3) is 20.8 Å². The van der Waals surface area contributed by atoms with Crippen LogP contribution in [0, 0.1) is 10.1 Å². The highest BCUT2D eigenvalue weighted by Gasteiger charge is 2.16. The lowest BCUT2D eigenvalue weighted by atomic mass is 10.1. The lowest BCUT2D eigenvalue weighted by molar-refractivity contribution is -0.384. The van der Waals surface area contributed by atoms with Crippen molar-refractivity contribution in [3.05, 3.63) is 86.9 Å². The molecule has 0 saturated carbocycles. The normalized spacial score (nSPS) is 10.8. The Bertz CT molecular complexity index is 1190. The molecule has 0 spiro atoms. The third-order valence-electron chi connectivity index (χ3n) is 4.07. The predicted molar refractivity (Wildman–Crippen MR) is 114 cm³/mol. The summed E-state index contributed by atoms with van der Waals surface area (Å²) >= 11 is 4.85. The molecule has 0 aliphatic heterocycles. The smallest absolute Gasteiger partial charge is 0.270 e. The summed E-state index contributed by atoms with van der Waals surface area (Å²) in [6.07, 6.45) is 0. The quantitative estimate of drug-likeness (QED) is 0.308. The van der Waals surface area contributed by atoms with E-state index in [1.54, 1.807) is 17.4 Å². The van der Waals surface area contributed by atoms with Crippen LogP contribution in [-0.2, 0) is 0 Å². The lowest BCUT2D eigenvalue weighted by Crippen LogP contribution is -2.13. The molecule has 0 unspecified atom stereocenters. The number of aromatic nitrogens is 1. The molecule has 0 saturated heterocycles. The third kappa shape index (κ3) is 3.64. The second kappa shape index (κ2) is 7.49. The van der Waals surface area contributed by atoms with Crippen molar-refractivity contribution in [3.8, 4) is 10.6 Å². The summed E-state index contributed by atoms with van der Waals surface area (Å²) in [5.74, 6) is -0.433. The number of fused-ring (bicyclic) bond motifs is 1. The number of rotatable bonds is 4. The van der Waals surface area contributed by atoms with Gasteiger partial charge in [0.25, 0.3) is 11.6 Å². The number of thiazole rings is 1. The molecule has 0 bridgehead atoms. The lowest BCUT2D eigenvalue weighted by Gasteiger charge is -2.08. The molecule has 28 heavy (non-hydrogen) atoms. The number of nitro benzene ring substituents is 1. The van der Waals surface area contributed by atoms with Crippen molar-refractivity contribution in [2.75, 3.05) is 5.32 Å². The zero-order valence-electron chi connectivity index (χ0n) is 14.3. The van der Waals surface area contributed by atoms with Crippen LogP contribution in [0.4, 0.5) is 11.4 Å². The van der Waals surface area contributed by atoms with Crippen LogP contribution in [0.1, 0.15) is 10.4 Å². The maximum absolute atomic E-state index is 12.6. The van der Waals surface area contributed by atoms with Gasteiger partial charge >= 0.3 is 0 Å². The number of hydrogen-bond donors (Lipinski definition) is 1. The molecule has 138 valence electrons. The van der Waals surface area contributed by atoms with Crippen molar-refractivity contribution in [2.45, 2.75) is 0 Å². The number of benzene rings is 3. The SMILES string of the molecule is O=C(Nc1cccc(-c2nc3ccccc3s2)c1)c1cc([N+](=O)[O-])ccc1Br. The van der Waals surface area contributed by atoms with E-state index in [1.165, 1.54) is 18.2 Å². The van der Waals surface area contributed by atoms with Gasteiger partial charge in [-0.3, -0.25) is 14.9 Å². The van der Waals surface area contributed by atoms with Gasteiger partial charge in [0, 0.05) is 27.9 Å². The number of hydrogen-bond acceptors (Lipinski definition) is 5. The van der Waals surface area contributed by atoms with E-state index >= 15 is 0 Å². The fourth-order valence-corrected chi connectivity index (χ4v) is 4.11. The second-order valence-electron chi connectivity index (χ2n) is 5.94. The maximum atomic E-state index is 12.6. The number of non-ortho nitro benzene ring substituents is 1. The molecule has 1 amide bonds. The number of nitrogens with one attached hydrogen (secondary N) is 1. The summed E-state index contributed by atoms with van der Waals surface area (Å²) in [4.78, 5) is 27.7. The van der Waals surface area contributed by atoms with Gasteiger partial charge in [-0.25, -0.2) is 4.98 Å². The number of carbonyl (C=O) groups excluding carboxylic acids is 1. The Hall–Kier alpha value is -3.10. The molecule has 6 nitrogen and oxygen atoms in total. The highest BCUT2D eigenvalue weighted by molar-refractivity contribution is 9.10. The Kier molecular flexibility index (Phi) is 4.89. The van der Waals surface area contributed by atoms with E-state index in [1.807, 2.05) is 42.5 Å². The fraction of sp³-hybridized carbons (Fsp3) is 0. The molecule has 0 fully saturated rings. The highest BCUT2D eigenvalue weighted by atomic mass is 79.9. The number of amides is 1. The van der Waals surface area contributed by atoms with Crippen molar-refractivity contribution >= 4 is 54.8 Å². The number of carbonyl (C=O) groups is 1. The second-order valence-corrected chi connectivity index (χ2v) is 7.83. The van der Waals surface area contributed by atoms with E-state index < -0.39 is 10.8 Å². The number of para-hydroxylation sites is 1. The average molecular weight is 454 g/mol. The van der Waals surface area contributed by atoms with Crippen LogP contribution in [0.15, 0.2) is 71.2 Å². The van der Waals surface area contributed by atoms with Crippen LogP contribution in [0.3, 0.4) is 0 Å². The molecule has 0 aliphatic rings. The van der Waals surface area contributed by atoms with Gasteiger partial charge in [0.15, 0.2) is 0 Å². The summed E-state index contributed by atoms with van der Waals surface area (Å²) in [5, 5.41) is 14.6. The molecule has 0 aliphatic carbocycles. The van der Waals surface area contributed by atoms with Gasteiger partial charge in [-0.1, -0.05) is 24.3 Å². The largest absolute Gasteiger partial charge is 0.322 e. The van der Waals surface area contributed by atoms with Crippen LogP contribution in [-0.4, -0.2) is 15.8 Å². The van der Waals surface area contributed by atoms with Crippen molar-refractivity contribution in [1.29, 1.82) is 0 Å². The molecule has 3 aromatic carbocycles. The first-order valence-electron chi connectivity index (χ1n) is 8.22. The third-order valence-corrected chi connectivity index (χ3v) is 5.84. The Morgan fingerprint density at radius 3 is 2.68 bits per heavy atom. The van der Waals surface area contributed by atoms with Crippen LogP contribution in [0.2, 0.25) is 0 Å². The number of nitrogens with zero attached hydrogens (tertiary/aromatic N) is 2. The molecule has 4 aromatic rings. The first-order chi connectivity index (χ1) is 13.5. The van der Waals surface area contributed by atoms with E-state index in [-0.39, 0.29) is 11.3 Å². The minimum Gasteiger partial charge on any atom is -0.322 e. The summed E-state index contributed by atoms with van der Waals surface area (Å²) in [6.45, 7) is 0. The molecule has 0 radical (unpaired) electrons. The first-order valence-corrected chi connectivity index (χ1v) is 9.83. The van der Waals surface area contributed by atoms with Crippen molar-refractivity contribution in [1.82, 2.24) is 4.98 Å². The standard InChI is InChI=1S/C20H12BrN3O3S/c21-16-9-8-14(24(26)27)11-15(16)19(25)22-13-5-3-4-12(10-13)20-23-17-6-1-2-7-18(17)28-20/h1-11H,(H,22,25). The van der Waals surface area contributed by atoms with Crippen LogP contribution >= 0.6 is 27.3 Å². The predicted octanol–water partition coefficient (Wildman–Crippen LogP) is 5.89. The zero-order valence-corrected chi connectivity index (χ0v) is 16.7. The Labute approximate surface area is 172 Å². The first kappa shape index (κ1) is 18.3. The zero-order chi connectivity index (χ0) is 19.7. The van der Waals surface area contributed by atoms with Gasteiger partial charge in [0.05, 0.1) is 20.7 Å². The van der Waals surface area contributed by atoms with Crippen molar-refractivity contribution in [2.24, 2.45) is 0 Å². The van der Waals surface area contributed by atoms with Gasteiger partial charge in [-0.2, -0.15) is 0 Å². The minimum atomic E-state index is -0.531. The summed E-state index contributed by atoms with van der Waals surface area (Å²) in [7, 11) is 0. The number of nitro groups is 1. The number of halogens is 1. The Morgan fingerprint density at radius 1 is 1.07 bits per heavy atom. The van der Waals surface area contributed by atoms with E-state index in [0.29, 0.717) is 10.2 Å². The average Bonchev–Trinajstić information content (AvgIpc) is 3.12. The molecule has 4 rings (SSSR count). The van der Waals surface area contributed by atoms with E-state index in [0.717, 1.165) is 20.8 Å². The highest BCUT2D eigenvalue weighted by Crippen LogP contribution is 2.31. The van der Waals surface area contributed by atoms with E-state index in [9.17, 15) is 14.9 Å². The van der Waals surface area contributed by atoms with Crippen LogP contribution < -0.4 is 5.32 Å². The van der Waals surface area contributed by atoms with Gasteiger partial charge in [0.2, 0.25) is 0 Å². The fourth-order valence-electron chi connectivity index (χ4n) is 2.72. The molecule has 0 atom stereocenters. The summed E-state index contributed by atoms with van der Waals surface area (Å²) in [5.41, 5.74) is 2.45. The molecule has 1 aromatic heterocycles. The topological polar surface area (TPSA) is 85.1 Å². The van der Waals surface area contributed by atoms with Crippen molar-refractivity contribution < 1.29 is 9.72 Å². The maximum Gasteiger partial charge on any atom is 0.270 e. The Morgan fingerprint density at radius 2 is 1.89 bits per heavy atom. The summed E-state index contributed by atoms with van der Waals surface area (Å²) in [6, 6.07) is 19.3. The minimum absolute atomic E-state index is 0.142. The van der Waals surface area contributed by atoms with Gasteiger partial charge in [-0.05, 0) is 46.3 Å². The van der Waals surface area contributed by atoms with Gasteiger partial charge in [-0.15, -0.1) is 11.3 Å². The molecule has 1 N–H and O–H groups in total. The molecular formula is C20H12BrN3O3S. The van der Waals surface area contributed by atoms with Crippen LogP contribution in [0.5, 0.6) is 0 Å². The molecule has 8 heteroatoms. The number of anilines is 1. The monoisotopic (exact) mass is 453 g/mol. The summed E-state index contributed by atoms with van der Waals surface area (Å²) < 4.78 is 1.57. The Balaban J connectivity index is 1.62. The van der Waals surface area contributed by atoms with E-state index in [4.69, 9.17) is 0 Å². The van der Waals surface area contributed by atoms with E-state index in [2.05, 4.69) is 26.2 Å².